The number of nitrogens with one attached hydrogen (secondary N) is 1. The third-order valence-electron chi connectivity index (χ3n) is 2.73. The summed E-state index contributed by atoms with van der Waals surface area (Å²) in [7, 11) is 0. The summed E-state index contributed by atoms with van der Waals surface area (Å²) in [5, 5.41) is 20.2. The summed E-state index contributed by atoms with van der Waals surface area (Å²) in [6, 6.07) is 9.59. The van der Waals surface area contributed by atoms with Gasteiger partial charge in [0.2, 0.25) is 11.0 Å². The third kappa shape index (κ3) is 4.55. The van der Waals surface area contributed by atoms with Crippen LogP contribution in [0.4, 0.5) is 5.13 Å². The van der Waals surface area contributed by atoms with Crippen LogP contribution in [0.15, 0.2) is 28.6 Å². The maximum Gasteiger partial charge on any atom is 0.231 e. The monoisotopic (exact) mass is 332 g/mol. The highest BCUT2D eigenvalue weighted by atomic mass is 32.2. The molecule has 0 spiro atoms. The Balaban J connectivity index is 1.95. The first-order chi connectivity index (χ1) is 10.4. The number of aromatic nitrogens is 2. The van der Waals surface area contributed by atoms with Crippen molar-refractivity contribution in [3.63, 3.8) is 0 Å². The van der Waals surface area contributed by atoms with Gasteiger partial charge in [-0.25, -0.2) is 0 Å². The van der Waals surface area contributed by atoms with Crippen molar-refractivity contribution < 1.29 is 4.79 Å². The van der Waals surface area contributed by atoms with E-state index in [0.717, 1.165) is 9.90 Å². The van der Waals surface area contributed by atoms with Crippen molar-refractivity contribution in [3.8, 4) is 6.07 Å². The summed E-state index contributed by atoms with van der Waals surface area (Å²) >= 11 is 2.88. The van der Waals surface area contributed by atoms with E-state index in [9.17, 15) is 4.79 Å². The van der Waals surface area contributed by atoms with Gasteiger partial charge in [0.15, 0.2) is 4.34 Å². The quantitative estimate of drug-likeness (QED) is 0.682. The van der Waals surface area contributed by atoms with Crippen LogP contribution in [0.1, 0.15) is 31.9 Å². The Bertz CT molecular complexity index is 713. The zero-order chi connectivity index (χ0) is 16.2. The van der Waals surface area contributed by atoms with Crippen molar-refractivity contribution in [2.75, 3.05) is 5.32 Å². The number of rotatable bonds is 4. The summed E-state index contributed by atoms with van der Waals surface area (Å²) < 4.78 is 0.784. The highest BCUT2D eigenvalue weighted by Crippen LogP contribution is 2.29. The van der Waals surface area contributed by atoms with Crippen LogP contribution in [-0.2, 0) is 10.5 Å². The lowest BCUT2D eigenvalue weighted by Gasteiger charge is -2.15. The van der Waals surface area contributed by atoms with Gasteiger partial charge in [0.1, 0.15) is 0 Å². The van der Waals surface area contributed by atoms with E-state index in [4.69, 9.17) is 5.26 Å². The number of hydrogen-bond donors (Lipinski definition) is 1. The molecule has 2 aromatic rings. The normalized spacial score (nSPS) is 11.0. The van der Waals surface area contributed by atoms with Crippen molar-refractivity contribution in [1.29, 1.82) is 5.26 Å². The van der Waals surface area contributed by atoms with Crippen molar-refractivity contribution in [3.05, 3.63) is 35.4 Å². The van der Waals surface area contributed by atoms with Crippen LogP contribution in [0.3, 0.4) is 0 Å². The molecule has 0 fully saturated rings. The zero-order valence-corrected chi connectivity index (χ0v) is 14.2. The molecule has 0 aliphatic rings. The van der Waals surface area contributed by atoms with Gasteiger partial charge in [0.05, 0.1) is 11.6 Å². The van der Waals surface area contributed by atoms with E-state index >= 15 is 0 Å². The Hall–Kier alpha value is -1.91. The molecule has 114 valence electrons. The number of amides is 1. The highest BCUT2D eigenvalue weighted by molar-refractivity contribution is 8.00. The summed E-state index contributed by atoms with van der Waals surface area (Å²) in [5.41, 5.74) is 1.24. The second kappa shape index (κ2) is 6.90. The molecule has 0 atom stereocenters. The lowest BCUT2D eigenvalue weighted by Crippen LogP contribution is -2.27. The molecule has 0 bridgehead atoms. The van der Waals surface area contributed by atoms with Crippen LogP contribution in [-0.4, -0.2) is 16.1 Å². The third-order valence-corrected chi connectivity index (χ3v) is 4.77. The molecule has 1 aromatic carbocycles. The van der Waals surface area contributed by atoms with Gasteiger partial charge < -0.3 is 5.32 Å². The number of nitrogens with zero attached hydrogens (tertiary/aromatic N) is 3. The van der Waals surface area contributed by atoms with E-state index < -0.39 is 5.41 Å². The largest absolute Gasteiger partial charge is 0.300 e. The maximum absolute atomic E-state index is 11.9. The smallest absolute Gasteiger partial charge is 0.231 e. The number of carbonyl (C=O) groups is 1. The first kappa shape index (κ1) is 16.5. The Morgan fingerprint density at radius 3 is 2.86 bits per heavy atom. The average molecular weight is 332 g/mol. The van der Waals surface area contributed by atoms with Crippen LogP contribution >= 0.6 is 23.1 Å². The van der Waals surface area contributed by atoms with Crippen LogP contribution in [0, 0.1) is 16.7 Å². The second-order valence-corrected chi connectivity index (χ2v) is 7.88. The van der Waals surface area contributed by atoms with E-state index in [-0.39, 0.29) is 5.91 Å². The molecule has 22 heavy (non-hydrogen) atoms. The fourth-order valence-electron chi connectivity index (χ4n) is 1.48. The summed E-state index contributed by atoms with van der Waals surface area (Å²) in [5.74, 6) is 0.624. The fraction of sp³-hybridized carbons (Fsp3) is 0.333. The van der Waals surface area contributed by atoms with Gasteiger partial charge >= 0.3 is 0 Å². The molecular weight excluding hydrogens is 316 g/mol. The van der Waals surface area contributed by atoms with E-state index in [1.165, 1.54) is 23.1 Å². The van der Waals surface area contributed by atoms with E-state index in [1.54, 1.807) is 6.07 Å². The Labute approximate surface area is 137 Å². The Morgan fingerprint density at radius 2 is 2.18 bits per heavy atom. The fourth-order valence-corrected chi connectivity index (χ4v) is 3.17. The van der Waals surface area contributed by atoms with Gasteiger partial charge in [-0.3, -0.25) is 4.79 Å². The number of benzene rings is 1. The molecule has 0 saturated carbocycles. The molecule has 0 saturated heterocycles. The van der Waals surface area contributed by atoms with Crippen molar-refractivity contribution in [2.24, 2.45) is 5.41 Å². The standard InChI is InChI=1S/C15H16N4OS2/c1-15(2,3)12(20)17-13-18-19-14(22-13)21-9-11-6-4-5-10(7-11)8-16/h4-7H,9H2,1-3H3,(H,17,18,20). The lowest BCUT2D eigenvalue weighted by atomic mass is 9.96. The minimum absolute atomic E-state index is 0.0816. The minimum atomic E-state index is -0.462. The second-order valence-electron chi connectivity index (χ2n) is 5.68. The summed E-state index contributed by atoms with van der Waals surface area (Å²) in [6.45, 7) is 5.55. The first-order valence-electron chi connectivity index (χ1n) is 6.65. The first-order valence-corrected chi connectivity index (χ1v) is 8.45. The molecule has 0 radical (unpaired) electrons. The number of anilines is 1. The van der Waals surface area contributed by atoms with E-state index in [0.29, 0.717) is 16.4 Å². The van der Waals surface area contributed by atoms with Gasteiger partial charge in [-0.05, 0) is 17.7 Å². The van der Waals surface area contributed by atoms with Crippen molar-refractivity contribution >= 4 is 34.1 Å². The molecule has 1 amide bonds. The minimum Gasteiger partial charge on any atom is -0.300 e. The van der Waals surface area contributed by atoms with Gasteiger partial charge in [0, 0.05) is 11.2 Å². The van der Waals surface area contributed by atoms with Gasteiger partial charge in [-0.1, -0.05) is 56.0 Å². The van der Waals surface area contributed by atoms with Gasteiger partial charge in [-0.2, -0.15) is 5.26 Å². The van der Waals surface area contributed by atoms with Gasteiger partial charge in [-0.15, -0.1) is 10.2 Å². The predicted octanol–water partition coefficient (Wildman–Crippen LogP) is 3.69. The topological polar surface area (TPSA) is 78.7 Å². The molecule has 1 heterocycles. The zero-order valence-electron chi connectivity index (χ0n) is 12.6. The molecule has 5 nitrogen and oxygen atoms in total. The van der Waals surface area contributed by atoms with Crippen molar-refractivity contribution in [1.82, 2.24) is 10.2 Å². The van der Waals surface area contributed by atoms with Crippen LogP contribution in [0.25, 0.3) is 0 Å². The van der Waals surface area contributed by atoms with Gasteiger partial charge in [0.25, 0.3) is 0 Å². The Kier molecular flexibility index (Phi) is 5.16. The predicted molar refractivity (Wildman–Crippen MR) is 88.7 cm³/mol. The number of carbonyl (C=O) groups excluding carboxylic acids is 1. The molecule has 7 heteroatoms. The molecule has 2 rings (SSSR count). The van der Waals surface area contributed by atoms with Crippen LogP contribution in [0.5, 0.6) is 0 Å². The summed E-state index contributed by atoms with van der Waals surface area (Å²) in [6.07, 6.45) is 0. The number of thioether (sulfide) groups is 1. The summed E-state index contributed by atoms with van der Waals surface area (Å²) in [4.78, 5) is 11.9. The van der Waals surface area contributed by atoms with Crippen molar-refractivity contribution in [2.45, 2.75) is 30.9 Å². The number of hydrogen-bond acceptors (Lipinski definition) is 6. The highest BCUT2D eigenvalue weighted by Gasteiger charge is 2.22. The van der Waals surface area contributed by atoms with Crippen LogP contribution < -0.4 is 5.32 Å². The van der Waals surface area contributed by atoms with E-state index in [2.05, 4.69) is 21.6 Å². The molecular formula is C15H16N4OS2. The molecule has 1 aromatic heterocycles. The molecule has 1 N–H and O–H groups in total. The molecule has 0 aliphatic heterocycles. The van der Waals surface area contributed by atoms with Crippen LogP contribution in [0.2, 0.25) is 0 Å². The SMILES string of the molecule is CC(C)(C)C(=O)Nc1nnc(SCc2cccc(C#N)c2)s1. The number of nitriles is 1. The van der Waals surface area contributed by atoms with E-state index in [1.807, 2.05) is 39.0 Å². The molecule has 0 unspecified atom stereocenters. The molecule has 0 aliphatic carbocycles. The Morgan fingerprint density at radius 1 is 1.41 bits per heavy atom. The lowest BCUT2D eigenvalue weighted by molar-refractivity contribution is -0.123. The maximum atomic E-state index is 11.9. The average Bonchev–Trinajstić information content (AvgIpc) is 2.92.